The summed E-state index contributed by atoms with van der Waals surface area (Å²) in [6, 6.07) is 4.12. The van der Waals surface area contributed by atoms with Crippen molar-refractivity contribution in [1.29, 1.82) is 0 Å². The van der Waals surface area contributed by atoms with E-state index >= 15 is 0 Å². The van der Waals surface area contributed by atoms with Gasteiger partial charge in [-0.1, -0.05) is 17.7 Å². The molecule has 17 heavy (non-hydrogen) atoms. The monoisotopic (exact) mass is 270 g/mol. The fraction of sp³-hybridized carbons (Fsp3) is 0.250. The maximum Gasteiger partial charge on any atom is 0.129 e. The van der Waals surface area contributed by atoms with Crippen molar-refractivity contribution in [2.45, 2.75) is 19.4 Å². The Labute approximate surface area is 108 Å². The Kier molecular flexibility index (Phi) is 3.76. The minimum Gasteiger partial charge on any atom is -0.323 e. The lowest BCUT2D eigenvalue weighted by Gasteiger charge is -2.13. The third kappa shape index (κ3) is 2.83. The van der Waals surface area contributed by atoms with E-state index in [1.54, 1.807) is 23.5 Å². The summed E-state index contributed by atoms with van der Waals surface area (Å²) in [7, 11) is 0. The smallest absolute Gasteiger partial charge is 0.129 e. The van der Waals surface area contributed by atoms with Gasteiger partial charge in [0.1, 0.15) is 5.82 Å². The van der Waals surface area contributed by atoms with Crippen LogP contribution in [0.4, 0.5) is 4.39 Å². The molecule has 0 radical (unpaired) electrons. The number of hydrogen-bond donors (Lipinski definition) is 1. The van der Waals surface area contributed by atoms with Gasteiger partial charge < -0.3 is 5.73 Å². The molecule has 5 heteroatoms. The molecule has 1 atom stereocenters. The molecule has 0 amide bonds. The number of nitrogens with two attached hydrogens (primary N) is 1. The Balaban J connectivity index is 2.22. The minimum absolute atomic E-state index is 0.361. The number of halogens is 2. The van der Waals surface area contributed by atoms with E-state index in [1.165, 1.54) is 6.07 Å². The average Bonchev–Trinajstić information content (AvgIpc) is 2.63. The zero-order valence-electron chi connectivity index (χ0n) is 9.28. The number of thiazole rings is 1. The second-order valence-corrected chi connectivity index (χ2v) is 5.27. The van der Waals surface area contributed by atoms with Crippen molar-refractivity contribution in [3.63, 3.8) is 0 Å². The van der Waals surface area contributed by atoms with Gasteiger partial charge >= 0.3 is 0 Å². The SMILES string of the molecule is Cc1nc(CC(N)c2c(F)cccc2Cl)cs1. The molecule has 90 valence electrons. The van der Waals surface area contributed by atoms with Crippen molar-refractivity contribution in [3.8, 4) is 0 Å². The van der Waals surface area contributed by atoms with Crippen LogP contribution < -0.4 is 5.73 Å². The standard InChI is InChI=1S/C12H12ClFN2S/c1-7-16-8(6-17-7)5-11(15)12-9(13)3-2-4-10(12)14/h2-4,6,11H,5,15H2,1H3. The fourth-order valence-electron chi connectivity index (χ4n) is 1.69. The molecule has 0 fully saturated rings. The van der Waals surface area contributed by atoms with Crippen molar-refractivity contribution in [2.75, 3.05) is 0 Å². The molecular weight excluding hydrogens is 259 g/mol. The van der Waals surface area contributed by atoms with Gasteiger partial charge in [0, 0.05) is 28.4 Å². The maximum atomic E-state index is 13.6. The molecule has 0 bridgehead atoms. The van der Waals surface area contributed by atoms with Crippen LogP contribution in [0.15, 0.2) is 23.6 Å². The lowest BCUT2D eigenvalue weighted by atomic mass is 10.0. The lowest BCUT2D eigenvalue weighted by Crippen LogP contribution is -2.15. The minimum atomic E-state index is -0.467. The highest BCUT2D eigenvalue weighted by atomic mass is 35.5. The summed E-state index contributed by atoms with van der Waals surface area (Å²) in [6.45, 7) is 1.93. The van der Waals surface area contributed by atoms with E-state index in [2.05, 4.69) is 4.98 Å². The number of hydrogen-bond acceptors (Lipinski definition) is 3. The van der Waals surface area contributed by atoms with Crippen LogP contribution in [0.3, 0.4) is 0 Å². The van der Waals surface area contributed by atoms with Gasteiger partial charge in [-0.15, -0.1) is 11.3 Å². The number of aryl methyl sites for hydroxylation is 1. The van der Waals surface area contributed by atoms with E-state index < -0.39 is 6.04 Å². The van der Waals surface area contributed by atoms with E-state index in [-0.39, 0.29) is 5.82 Å². The molecule has 0 aliphatic carbocycles. The van der Waals surface area contributed by atoms with Gasteiger partial charge in [-0.05, 0) is 19.1 Å². The predicted octanol–water partition coefficient (Wildman–Crippen LogP) is 3.49. The van der Waals surface area contributed by atoms with Crippen LogP contribution in [-0.4, -0.2) is 4.98 Å². The molecule has 1 heterocycles. The van der Waals surface area contributed by atoms with Crippen LogP contribution in [0.25, 0.3) is 0 Å². The fourth-order valence-corrected chi connectivity index (χ4v) is 2.62. The summed E-state index contributed by atoms with van der Waals surface area (Å²) in [5.41, 5.74) is 7.21. The summed E-state index contributed by atoms with van der Waals surface area (Å²) in [5.74, 6) is -0.364. The molecule has 2 rings (SSSR count). The van der Waals surface area contributed by atoms with E-state index in [0.29, 0.717) is 17.0 Å². The van der Waals surface area contributed by atoms with Crippen LogP contribution in [0, 0.1) is 12.7 Å². The van der Waals surface area contributed by atoms with Gasteiger partial charge in [-0.3, -0.25) is 0 Å². The van der Waals surface area contributed by atoms with Crippen LogP contribution in [0.2, 0.25) is 5.02 Å². The van der Waals surface area contributed by atoms with E-state index in [0.717, 1.165) is 10.7 Å². The number of nitrogens with zero attached hydrogens (tertiary/aromatic N) is 1. The summed E-state index contributed by atoms with van der Waals surface area (Å²) in [5, 5.41) is 3.28. The van der Waals surface area contributed by atoms with E-state index in [9.17, 15) is 4.39 Å². The Morgan fingerprint density at radius 2 is 2.29 bits per heavy atom. The van der Waals surface area contributed by atoms with E-state index in [4.69, 9.17) is 17.3 Å². The molecule has 1 aromatic heterocycles. The topological polar surface area (TPSA) is 38.9 Å². The normalized spacial score (nSPS) is 12.7. The second kappa shape index (κ2) is 5.12. The molecule has 0 saturated heterocycles. The zero-order valence-corrected chi connectivity index (χ0v) is 10.9. The third-order valence-electron chi connectivity index (χ3n) is 2.47. The van der Waals surface area contributed by atoms with Gasteiger partial charge in [-0.25, -0.2) is 9.37 Å². The molecule has 1 aromatic carbocycles. The number of rotatable bonds is 3. The number of aromatic nitrogens is 1. The number of benzene rings is 1. The summed E-state index contributed by atoms with van der Waals surface area (Å²) in [4.78, 5) is 4.31. The predicted molar refractivity (Wildman–Crippen MR) is 68.9 cm³/mol. The highest BCUT2D eigenvalue weighted by molar-refractivity contribution is 7.09. The van der Waals surface area contributed by atoms with Crippen LogP contribution in [0.1, 0.15) is 22.3 Å². The van der Waals surface area contributed by atoms with Gasteiger partial charge in [0.15, 0.2) is 0 Å². The Hall–Kier alpha value is -0.970. The largest absolute Gasteiger partial charge is 0.323 e. The first-order chi connectivity index (χ1) is 8.08. The van der Waals surface area contributed by atoms with Crippen molar-refractivity contribution in [3.05, 3.63) is 50.7 Å². The van der Waals surface area contributed by atoms with Crippen molar-refractivity contribution >= 4 is 22.9 Å². The average molecular weight is 271 g/mol. The molecule has 2 N–H and O–H groups in total. The molecule has 0 saturated carbocycles. The van der Waals surface area contributed by atoms with Crippen molar-refractivity contribution < 1.29 is 4.39 Å². The van der Waals surface area contributed by atoms with Gasteiger partial charge in [-0.2, -0.15) is 0 Å². The molecule has 2 aromatic rings. The van der Waals surface area contributed by atoms with Crippen molar-refractivity contribution in [2.24, 2.45) is 5.73 Å². The summed E-state index contributed by atoms with van der Waals surface area (Å²) < 4.78 is 13.6. The Morgan fingerprint density at radius 3 is 2.88 bits per heavy atom. The molecular formula is C12H12ClFN2S. The molecule has 0 aliphatic heterocycles. The molecule has 2 nitrogen and oxygen atoms in total. The first kappa shape index (κ1) is 12.5. The molecule has 0 spiro atoms. The van der Waals surface area contributed by atoms with Gasteiger partial charge in [0.25, 0.3) is 0 Å². The summed E-state index contributed by atoms with van der Waals surface area (Å²) >= 11 is 7.51. The quantitative estimate of drug-likeness (QED) is 0.927. The third-order valence-corrected chi connectivity index (χ3v) is 3.62. The molecule has 0 aliphatic rings. The lowest BCUT2D eigenvalue weighted by molar-refractivity contribution is 0.578. The first-order valence-electron chi connectivity index (χ1n) is 5.18. The second-order valence-electron chi connectivity index (χ2n) is 3.80. The van der Waals surface area contributed by atoms with Crippen molar-refractivity contribution in [1.82, 2.24) is 4.98 Å². The van der Waals surface area contributed by atoms with Crippen LogP contribution >= 0.6 is 22.9 Å². The highest BCUT2D eigenvalue weighted by Crippen LogP contribution is 2.26. The highest BCUT2D eigenvalue weighted by Gasteiger charge is 2.16. The Morgan fingerprint density at radius 1 is 1.53 bits per heavy atom. The molecule has 1 unspecified atom stereocenters. The Bertz CT molecular complexity index is 507. The van der Waals surface area contributed by atoms with Crippen LogP contribution in [-0.2, 0) is 6.42 Å². The van der Waals surface area contributed by atoms with Gasteiger partial charge in [0.2, 0.25) is 0 Å². The summed E-state index contributed by atoms with van der Waals surface area (Å²) in [6.07, 6.45) is 0.491. The van der Waals surface area contributed by atoms with Crippen LogP contribution in [0.5, 0.6) is 0 Å². The maximum absolute atomic E-state index is 13.6. The first-order valence-corrected chi connectivity index (χ1v) is 6.44. The van der Waals surface area contributed by atoms with E-state index in [1.807, 2.05) is 12.3 Å². The zero-order chi connectivity index (χ0) is 12.4. The van der Waals surface area contributed by atoms with Gasteiger partial charge in [0.05, 0.1) is 10.7 Å².